The zero-order chi connectivity index (χ0) is 17.2. The third kappa shape index (κ3) is 3.33. The van der Waals surface area contributed by atoms with Crippen LogP contribution in [0.1, 0.15) is 24.5 Å². The Morgan fingerprint density at radius 2 is 1.92 bits per heavy atom. The second-order valence-electron chi connectivity index (χ2n) is 7.27. The van der Waals surface area contributed by atoms with Crippen LogP contribution in [0.15, 0.2) is 54.6 Å². The number of rotatable bonds is 5. The molecule has 0 aromatic heterocycles. The van der Waals surface area contributed by atoms with E-state index in [4.69, 9.17) is 5.73 Å². The van der Waals surface area contributed by atoms with E-state index in [0.29, 0.717) is 12.6 Å². The van der Waals surface area contributed by atoms with E-state index in [1.54, 1.807) is 0 Å². The number of aryl methyl sites for hydroxylation is 1. The molecule has 3 heteroatoms. The van der Waals surface area contributed by atoms with Gasteiger partial charge in [-0.1, -0.05) is 42.5 Å². The number of likely N-dealkylation sites (N-methyl/N-ethyl adjacent to an activating group) is 1. The number of hydrogen-bond acceptors (Lipinski definition) is 3. The molecule has 3 rings (SSSR count). The van der Waals surface area contributed by atoms with Crippen LogP contribution in [0.5, 0.6) is 0 Å². The molecule has 1 aliphatic rings. The fourth-order valence-corrected chi connectivity index (χ4v) is 3.95. The standard InChI is InChI=1S/C21H29N3/c1-17-8-7-11-20(12-17)23(3)21(15-22)13-18(2)24(16-21)14-19-9-5-4-6-10-19/h4-12,18H,13-16,22H2,1-3H3. The molecule has 2 atom stereocenters. The molecule has 24 heavy (non-hydrogen) atoms. The van der Waals surface area contributed by atoms with Crippen LogP contribution in [0.2, 0.25) is 0 Å². The highest BCUT2D eigenvalue weighted by Crippen LogP contribution is 2.35. The van der Waals surface area contributed by atoms with Crippen LogP contribution in [0.25, 0.3) is 0 Å². The summed E-state index contributed by atoms with van der Waals surface area (Å²) >= 11 is 0. The van der Waals surface area contributed by atoms with Crippen LogP contribution < -0.4 is 10.6 Å². The largest absolute Gasteiger partial charge is 0.366 e. The van der Waals surface area contributed by atoms with Crippen LogP contribution in [0, 0.1) is 6.92 Å². The third-order valence-electron chi connectivity index (χ3n) is 5.51. The topological polar surface area (TPSA) is 32.5 Å². The summed E-state index contributed by atoms with van der Waals surface area (Å²) in [7, 11) is 2.19. The first kappa shape index (κ1) is 17.0. The summed E-state index contributed by atoms with van der Waals surface area (Å²) in [5.74, 6) is 0. The summed E-state index contributed by atoms with van der Waals surface area (Å²) in [5, 5.41) is 0. The summed E-state index contributed by atoms with van der Waals surface area (Å²) in [4.78, 5) is 4.97. The first-order chi connectivity index (χ1) is 11.5. The van der Waals surface area contributed by atoms with Crippen LogP contribution in [-0.2, 0) is 6.54 Å². The number of likely N-dealkylation sites (tertiary alicyclic amines) is 1. The molecule has 2 N–H and O–H groups in total. The van der Waals surface area contributed by atoms with Gasteiger partial charge in [0.1, 0.15) is 0 Å². The Morgan fingerprint density at radius 3 is 2.58 bits per heavy atom. The predicted molar refractivity (Wildman–Crippen MR) is 102 cm³/mol. The average molecular weight is 323 g/mol. The second kappa shape index (κ2) is 6.96. The minimum absolute atomic E-state index is 0.00197. The molecular formula is C21H29N3. The summed E-state index contributed by atoms with van der Waals surface area (Å²) < 4.78 is 0. The summed E-state index contributed by atoms with van der Waals surface area (Å²) in [6, 6.07) is 20.0. The Balaban J connectivity index is 1.80. The van der Waals surface area contributed by atoms with Crippen molar-refractivity contribution in [3.8, 4) is 0 Å². The van der Waals surface area contributed by atoms with Gasteiger partial charge >= 0.3 is 0 Å². The molecule has 2 unspecified atom stereocenters. The van der Waals surface area contributed by atoms with Crippen LogP contribution >= 0.6 is 0 Å². The van der Waals surface area contributed by atoms with Crippen molar-refractivity contribution in [1.29, 1.82) is 0 Å². The summed E-state index contributed by atoms with van der Waals surface area (Å²) in [6.07, 6.45) is 1.10. The summed E-state index contributed by atoms with van der Waals surface area (Å²) in [6.45, 7) is 7.14. The number of nitrogens with zero attached hydrogens (tertiary/aromatic N) is 2. The molecule has 0 spiro atoms. The Bertz CT molecular complexity index is 670. The molecule has 1 heterocycles. The minimum atomic E-state index is 0.00197. The minimum Gasteiger partial charge on any atom is -0.366 e. The van der Waals surface area contributed by atoms with E-state index in [1.807, 2.05) is 0 Å². The van der Waals surface area contributed by atoms with E-state index in [9.17, 15) is 0 Å². The lowest BCUT2D eigenvalue weighted by molar-refractivity contribution is 0.251. The van der Waals surface area contributed by atoms with E-state index in [2.05, 4.69) is 85.3 Å². The van der Waals surface area contributed by atoms with Gasteiger partial charge in [0.25, 0.3) is 0 Å². The lowest BCUT2D eigenvalue weighted by atomic mass is 9.93. The van der Waals surface area contributed by atoms with E-state index >= 15 is 0 Å². The Labute approximate surface area is 146 Å². The van der Waals surface area contributed by atoms with Crippen molar-refractivity contribution in [3.05, 3.63) is 65.7 Å². The zero-order valence-electron chi connectivity index (χ0n) is 15.1. The fraction of sp³-hybridized carbons (Fsp3) is 0.429. The van der Waals surface area contributed by atoms with Crippen molar-refractivity contribution in [2.24, 2.45) is 5.73 Å². The molecule has 0 radical (unpaired) electrons. The molecule has 0 aliphatic carbocycles. The first-order valence-electron chi connectivity index (χ1n) is 8.83. The van der Waals surface area contributed by atoms with Gasteiger partial charge in [0.2, 0.25) is 0 Å². The Kier molecular flexibility index (Phi) is 4.93. The quantitative estimate of drug-likeness (QED) is 0.915. The van der Waals surface area contributed by atoms with Crippen molar-refractivity contribution < 1.29 is 0 Å². The normalized spacial score (nSPS) is 24.2. The van der Waals surface area contributed by atoms with Gasteiger partial charge in [0, 0.05) is 38.4 Å². The smallest absolute Gasteiger partial charge is 0.0662 e. The van der Waals surface area contributed by atoms with Crippen LogP contribution in [0.3, 0.4) is 0 Å². The Hall–Kier alpha value is -1.84. The highest BCUT2D eigenvalue weighted by atomic mass is 15.3. The molecule has 1 saturated heterocycles. The monoisotopic (exact) mass is 323 g/mol. The van der Waals surface area contributed by atoms with E-state index in [-0.39, 0.29) is 5.54 Å². The van der Waals surface area contributed by atoms with E-state index < -0.39 is 0 Å². The van der Waals surface area contributed by atoms with Gasteiger partial charge < -0.3 is 10.6 Å². The molecule has 0 amide bonds. The lowest BCUT2D eigenvalue weighted by Crippen LogP contribution is -2.54. The highest BCUT2D eigenvalue weighted by molar-refractivity contribution is 5.51. The second-order valence-corrected chi connectivity index (χ2v) is 7.27. The molecule has 2 aromatic rings. The lowest BCUT2D eigenvalue weighted by Gasteiger charge is -2.40. The first-order valence-corrected chi connectivity index (χ1v) is 8.83. The van der Waals surface area contributed by atoms with Crippen molar-refractivity contribution in [2.45, 2.75) is 38.4 Å². The van der Waals surface area contributed by atoms with Gasteiger partial charge in [-0.3, -0.25) is 4.90 Å². The molecule has 0 bridgehead atoms. The van der Waals surface area contributed by atoms with Crippen LogP contribution in [-0.4, -0.2) is 36.6 Å². The summed E-state index contributed by atoms with van der Waals surface area (Å²) in [5.41, 5.74) is 10.2. The zero-order valence-corrected chi connectivity index (χ0v) is 15.1. The van der Waals surface area contributed by atoms with E-state index in [0.717, 1.165) is 19.5 Å². The van der Waals surface area contributed by atoms with E-state index in [1.165, 1.54) is 16.8 Å². The average Bonchev–Trinajstić information content (AvgIpc) is 2.92. The number of hydrogen-bond donors (Lipinski definition) is 1. The van der Waals surface area contributed by atoms with Gasteiger partial charge in [0.05, 0.1) is 5.54 Å². The third-order valence-corrected chi connectivity index (χ3v) is 5.51. The molecule has 1 aliphatic heterocycles. The molecule has 128 valence electrons. The van der Waals surface area contributed by atoms with Gasteiger partial charge in [-0.05, 0) is 43.5 Å². The molecule has 3 nitrogen and oxygen atoms in total. The highest BCUT2D eigenvalue weighted by Gasteiger charge is 2.44. The number of anilines is 1. The van der Waals surface area contributed by atoms with Crippen LogP contribution in [0.4, 0.5) is 5.69 Å². The van der Waals surface area contributed by atoms with Crippen molar-refractivity contribution in [2.75, 3.05) is 25.0 Å². The molecular weight excluding hydrogens is 294 g/mol. The van der Waals surface area contributed by atoms with Gasteiger partial charge in [-0.15, -0.1) is 0 Å². The van der Waals surface area contributed by atoms with Crippen molar-refractivity contribution >= 4 is 5.69 Å². The van der Waals surface area contributed by atoms with Crippen molar-refractivity contribution in [3.63, 3.8) is 0 Å². The number of benzene rings is 2. The van der Waals surface area contributed by atoms with Crippen molar-refractivity contribution in [1.82, 2.24) is 4.90 Å². The maximum absolute atomic E-state index is 6.29. The van der Waals surface area contributed by atoms with Gasteiger partial charge in [0.15, 0.2) is 0 Å². The molecule has 0 saturated carbocycles. The Morgan fingerprint density at radius 1 is 1.17 bits per heavy atom. The SMILES string of the molecule is Cc1cccc(N(C)C2(CN)CC(C)N(Cc3ccccc3)C2)c1. The predicted octanol–water partition coefficient (Wildman–Crippen LogP) is 3.42. The maximum atomic E-state index is 6.29. The maximum Gasteiger partial charge on any atom is 0.0662 e. The molecule has 1 fully saturated rings. The van der Waals surface area contributed by atoms with Gasteiger partial charge in [-0.2, -0.15) is 0 Å². The molecule has 2 aromatic carbocycles. The number of nitrogens with two attached hydrogens (primary N) is 1. The fourth-order valence-electron chi connectivity index (χ4n) is 3.95. The van der Waals surface area contributed by atoms with Gasteiger partial charge in [-0.25, -0.2) is 0 Å².